The Morgan fingerprint density at radius 1 is 1.42 bits per heavy atom. The predicted octanol–water partition coefficient (Wildman–Crippen LogP) is 3.00. The molecule has 3 rings (SSSR count). The van der Waals surface area contributed by atoms with E-state index in [1.807, 2.05) is 12.1 Å². The number of ether oxygens (including phenoxy) is 2. The van der Waals surface area contributed by atoms with Crippen LogP contribution in [0.15, 0.2) is 24.3 Å². The van der Waals surface area contributed by atoms with Gasteiger partial charge in [0.25, 0.3) is 0 Å². The van der Waals surface area contributed by atoms with Crippen LogP contribution in [0.25, 0.3) is 6.08 Å². The molecule has 0 radical (unpaired) electrons. The molecular weight excluding hydrogens is 238 g/mol. The van der Waals surface area contributed by atoms with Crippen LogP contribution >= 0.6 is 0 Å². The lowest BCUT2D eigenvalue weighted by atomic mass is 9.97. The molecule has 2 heterocycles. The van der Waals surface area contributed by atoms with Crippen LogP contribution in [0.2, 0.25) is 0 Å². The van der Waals surface area contributed by atoms with E-state index >= 15 is 0 Å². The Hall–Kier alpha value is -1.48. The molecule has 1 fully saturated rings. The zero-order valence-electron chi connectivity index (χ0n) is 11.4. The van der Waals surface area contributed by atoms with Crippen molar-refractivity contribution in [3.63, 3.8) is 0 Å². The minimum Gasteiger partial charge on any atom is -0.493 e. The van der Waals surface area contributed by atoms with Crippen molar-refractivity contribution in [1.82, 2.24) is 5.32 Å². The molecule has 2 aliphatic rings. The predicted molar refractivity (Wildman–Crippen MR) is 76.7 cm³/mol. The molecule has 1 spiro atoms. The summed E-state index contributed by atoms with van der Waals surface area (Å²) in [6, 6.07) is 6.12. The molecule has 102 valence electrons. The second kappa shape index (κ2) is 5.25. The molecule has 2 aliphatic heterocycles. The van der Waals surface area contributed by atoms with Crippen molar-refractivity contribution >= 4 is 6.08 Å². The Morgan fingerprint density at radius 2 is 2.37 bits per heavy atom. The summed E-state index contributed by atoms with van der Waals surface area (Å²) in [5, 5.41) is 3.36. The molecule has 1 aromatic rings. The summed E-state index contributed by atoms with van der Waals surface area (Å²) >= 11 is 0. The Morgan fingerprint density at radius 3 is 3.16 bits per heavy atom. The molecule has 3 nitrogen and oxygen atoms in total. The lowest BCUT2D eigenvalue weighted by Crippen LogP contribution is -2.37. The minimum atomic E-state index is -0.144. The Labute approximate surface area is 114 Å². The van der Waals surface area contributed by atoms with Crippen LogP contribution in [0.5, 0.6) is 11.5 Å². The third kappa shape index (κ3) is 2.61. The first-order valence-electron chi connectivity index (χ1n) is 7.17. The van der Waals surface area contributed by atoms with Gasteiger partial charge in [-0.1, -0.05) is 19.4 Å². The van der Waals surface area contributed by atoms with E-state index in [-0.39, 0.29) is 5.60 Å². The summed E-state index contributed by atoms with van der Waals surface area (Å²) in [5.41, 5.74) is 0.995. The average Bonchev–Trinajstić information content (AvgIpc) is 2.87. The molecule has 1 aromatic carbocycles. The molecule has 0 bridgehead atoms. The molecule has 1 N–H and O–H groups in total. The Kier molecular flexibility index (Phi) is 3.47. The fourth-order valence-electron chi connectivity index (χ4n) is 2.58. The number of nitrogens with one attached hydrogen (secondary N) is 1. The zero-order chi connectivity index (χ0) is 13.1. The van der Waals surface area contributed by atoms with Crippen molar-refractivity contribution in [2.75, 3.05) is 19.7 Å². The number of benzene rings is 1. The van der Waals surface area contributed by atoms with Gasteiger partial charge in [0.2, 0.25) is 0 Å². The van der Waals surface area contributed by atoms with Gasteiger partial charge in [-0.15, -0.1) is 0 Å². The van der Waals surface area contributed by atoms with E-state index in [9.17, 15) is 0 Å². The molecule has 1 unspecified atom stereocenters. The number of hydrogen-bond donors (Lipinski definition) is 1. The van der Waals surface area contributed by atoms with E-state index in [1.165, 1.54) is 0 Å². The average molecular weight is 259 g/mol. The van der Waals surface area contributed by atoms with Crippen LogP contribution in [-0.4, -0.2) is 25.3 Å². The summed E-state index contributed by atoms with van der Waals surface area (Å²) in [6.07, 6.45) is 7.63. The quantitative estimate of drug-likeness (QED) is 0.843. The number of rotatable bonds is 4. The Balaban J connectivity index is 1.76. The van der Waals surface area contributed by atoms with Crippen molar-refractivity contribution < 1.29 is 9.47 Å². The van der Waals surface area contributed by atoms with Crippen LogP contribution in [0.3, 0.4) is 0 Å². The van der Waals surface area contributed by atoms with E-state index in [1.54, 1.807) is 0 Å². The Bertz CT molecular complexity index is 476. The van der Waals surface area contributed by atoms with Gasteiger partial charge < -0.3 is 14.8 Å². The van der Waals surface area contributed by atoms with Crippen LogP contribution in [0, 0.1) is 0 Å². The number of unbranched alkanes of at least 4 members (excludes halogenated alkanes) is 1. The van der Waals surface area contributed by atoms with Crippen LogP contribution < -0.4 is 14.8 Å². The first-order valence-corrected chi connectivity index (χ1v) is 7.17. The molecular formula is C16H21NO2. The van der Waals surface area contributed by atoms with Gasteiger partial charge in [0.1, 0.15) is 17.1 Å². The van der Waals surface area contributed by atoms with Gasteiger partial charge in [-0.2, -0.15) is 0 Å². The van der Waals surface area contributed by atoms with Gasteiger partial charge in [-0.3, -0.25) is 0 Å². The summed E-state index contributed by atoms with van der Waals surface area (Å²) in [4.78, 5) is 0. The van der Waals surface area contributed by atoms with Gasteiger partial charge in [-0.05, 0) is 31.2 Å². The monoisotopic (exact) mass is 259 g/mol. The minimum absolute atomic E-state index is 0.144. The van der Waals surface area contributed by atoms with E-state index < -0.39 is 0 Å². The first kappa shape index (κ1) is 12.5. The van der Waals surface area contributed by atoms with Gasteiger partial charge in [0, 0.05) is 24.6 Å². The van der Waals surface area contributed by atoms with Gasteiger partial charge in [-0.25, -0.2) is 0 Å². The summed E-state index contributed by atoms with van der Waals surface area (Å²) in [5.74, 6) is 1.85. The van der Waals surface area contributed by atoms with E-state index in [0.29, 0.717) is 0 Å². The number of fused-ring (bicyclic) bond motifs is 1. The van der Waals surface area contributed by atoms with Crippen molar-refractivity contribution in [3.05, 3.63) is 29.8 Å². The normalized spacial score (nSPS) is 24.3. The summed E-state index contributed by atoms with van der Waals surface area (Å²) < 4.78 is 11.9. The smallest absolute Gasteiger partial charge is 0.141 e. The number of hydrogen-bond acceptors (Lipinski definition) is 3. The van der Waals surface area contributed by atoms with Crippen molar-refractivity contribution in [2.24, 2.45) is 0 Å². The van der Waals surface area contributed by atoms with Gasteiger partial charge >= 0.3 is 0 Å². The maximum Gasteiger partial charge on any atom is 0.141 e. The van der Waals surface area contributed by atoms with Crippen molar-refractivity contribution in [2.45, 2.75) is 31.8 Å². The SMILES string of the molecule is CCCCOc1ccc2c(c1)OC1(C=C2)CCNC1. The summed E-state index contributed by atoms with van der Waals surface area (Å²) in [7, 11) is 0. The molecule has 0 amide bonds. The van der Waals surface area contributed by atoms with E-state index in [4.69, 9.17) is 9.47 Å². The maximum absolute atomic E-state index is 6.20. The fraction of sp³-hybridized carbons (Fsp3) is 0.500. The van der Waals surface area contributed by atoms with Crippen LogP contribution in [0.1, 0.15) is 31.7 Å². The second-order valence-corrected chi connectivity index (χ2v) is 5.33. The first-order chi connectivity index (χ1) is 9.31. The van der Waals surface area contributed by atoms with Crippen molar-refractivity contribution in [1.29, 1.82) is 0 Å². The highest BCUT2D eigenvalue weighted by Gasteiger charge is 2.35. The largest absolute Gasteiger partial charge is 0.493 e. The van der Waals surface area contributed by atoms with Crippen LogP contribution in [0.4, 0.5) is 0 Å². The third-order valence-corrected chi connectivity index (χ3v) is 3.78. The van der Waals surface area contributed by atoms with Crippen molar-refractivity contribution in [3.8, 4) is 11.5 Å². The molecule has 1 saturated heterocycles. The molecule has 19 heavy (non-hydrogen) atoms. The highest BCUT2D eigenvalue weighted by molar-refractivity contribution is 5.62. The lowest BCUT2D eigenvalue weighted by Gasteiger charge is -2.30. The van der Waals surface area contributed by atoms with Gasteiger partial charge in [0.15, 0.2) is 0 Å². The van der Waals surface area contributed by atoms with Crippen LogP contribution in [-0.2, 0) is 0 Å². The van der Waals surface area contributed by atoms with E-state index in [2.05, 4.69) is 30.5 Å². The molecule has 0 aromatic heterocycles. The summed E-state index contributed by atoms with van der Waals surface area (Å²) in [6.45, 7) is 4.86. The lowest BCUT2D eigenvalue weighted by molar-refractivity contribution is 0.138. The highest BCUT2D eigenvalue weighted by atomic mass is 16.5. The standard InChI is InChI=1S/C16H21NO2/c1-2-3-10-18-14-5-4-13-6-7-16(8-9-17-12-16)19-15(13)11-14/h4-7,11,17H,2-3,8-10,12H2,1H3. The molecule has 1 atom stereocenters. The maximum atomic E-state index is 6.20. The topological polar surface area (TPSA) is 30.5 Å². The third-order valence-electron chi connectivity index (χ3n) is 3.78. The molecule has 3 heteroatoms. The second-order valence-electron chi connectivity index (χ2n) is 5.33. The van der Waals surface area contributed by atoms with E-state index in [0.717, 1.165) is 56.0 Å². The fourth-order valence-corrected chi connectivity index (χ4v) is 2.58. The van der Waals surface area contributed by atoms with Gasteiger partial charge in [0.05, 0.1) is 6.61 Å². The zero-order valence-corrected chi connectivity index (χ0v) is 11.4. The highest BCUT2D eigenvalue weighted by Crippen LogP contribution is 2.36. The molecule has 0 saturated carbocycles. The molecule has 0 aliphatic carbocycles.